The van der Waals surface area contributed by atoms with E-state index in [2.05, 4.69) is 15.9 Å². The molecule has 0 unspecified atom stereocenters. The smallest absolute Gasteiger partial charge is 0.305 e. The lowest BCUT2D eigenvalue weighted by Crippen LogP contribution is -2.42. The fourth-order valence-corrected chi connectivity index (χ4v) is 3.02. The van der Waals surface area contributed by atoms with Crippen molar-refractivity contribution in [1.82, 2.24) is 0 Å². The number of benzene rings is 1. The lowest BCUT2D eigenvalue weighted by Gasteiger charge is -2.36. The molecule has 1 fully saturated rings. The minimum Gasteiger partial charge on any atom is -0.496 e. The number of rotatable bonds is 4. The number of esters is 1. The highest BCUT2D eigenvalue weighted by molar-refractivity contribution is 9.10. The van der Waals surface area contributed by atoms with Gasteiger partial charge < -0.3 is 14.2 Å². The molecule has 110 valence electrons. The maximum absolute atomic E-state index is 11.3. The molecule has 2 rings (SSSR count). The number of carbonyl (C=O) groups excluding carboxylic acids is 1. The Labute approximate surface area is 127 Å². The minimum atomic E-state index is -0.821. The zero-order chi connectivity index (χ0) is 14.6. The van der Waals surface area contributed by atoms with Gasteiger partial charge >= 0.3 is 5.97 Å². The van der Waals surface area contributed by atoms with Crippen LogP contribution in [0, 0.1) is 0 Å². The number of hydrogen-bond donors (Lipinski definition) is 0. The van der Waals surface area contributed by atoms with Crippen LogP contribution in [0.5, 0.6) is 11.5 Å². The number of carbonyl (C=O) groups is 1. The van der Waals surface area contributed by atoms with Crippen molar-refractivity contribution in [3.8, 4) is 11.5 Å². The largest absolute Gasteiger partial charge is 0.496 e. The van der Waals surface area contributed by atoms with Gasteiger partial charge in [-0.2, -0.15) is 0 Å². The molecule has 0 aliphatic heterocycles. The highest BCUT2D eigenvalue weighted by atomic mass is 79.9. The lowest BCUT2D eigenvalue weighted by molar-refractivity contribution is -0.206. The Morgan fingerprint density at radius 1 is 1.25 bits per heavy atom. The SMILES string of the molecule is COc1ccc(OC2(OC(C)=O)CCCCC2)cc1Br. The summed E-state index contributed by atoms with van der Waals surface area (Å²) in [5, 5.41) is 0. The van der Waals surface area contributed by atoms with E-state index in [0.717, 1.165) is 42.3 Å². The lowest BCUT2D eigenvalue weighted by atomic mass is 9.94. The Hall–Kier alpha value is -1.23. The monoisotopic (exact) mass is 342 g/mol. The van der Waals surface area contributed by atoms with Crippen LogP contribution in [0.4, 0.5) is 0 Å². The van der Waals surface area contributed by atoms with Gasteiger partial charge in [-0.3, -0.25) is 4.79 Å². The molecular formula is C15H19BrO4. The Morgan fingerprint density at radius 3 is 2.50 bits per heavy atom. The van der Waals surface area contributed by atoms with Gasteiger partial charge in [0.15, 0.2) is 0 Å². The van der Waals surface area contributed by atoms with E-state index in [1.54, 1.807) is 7.11 Å². The molecule has 0 N–H and O–H groups in total. The van der Waals surface area contributed by atoms with Crippen LogP contribution in [0.3, 0.4) is 0 Å². The number of halogens is 1. The van der Waals surface area contributed by atoms with Gasteiger partial charge in [-0.25, -0.2) is 0 Å². The fraction of sp³-hybridized carbons (Fsp3) is 0.533. The first-order valence-electron chi connectivity index (χ1n) is 6.77. The number of hydrogen-bond acceptors (Lipinski definition) is 4. The van der Waals surface area contributed by atoms with Crippen LogP contribution in [0.1, 0.15) is 39.0 Å². The predicted molar refractivity (Wildman–Crippen MR) is 78.9 cm³/mol. The molecule has 4 nitrogen and oxygen atoms in total. The van der Waals surface area contributed by atoms with Crippen molar-refractivity contribution >= 4 is 21.9 Å². The Morgan fingerprint density at radius 2 is 1.95 bits per heavy atom. The molecule has 0 heterocycles. The molecule has 0 bridgehead atoms. The third-order valence-electron chi connectivity index (χ3n) is 3.37. The molecule has 0 radical (unpaired) electrons. The van der Waals surface area contributed by atoms with Crippen LogP contribution in [0.2, 0.25) is 0 Å². The third-order valence-corrected chi connectivity index (χ3v) is 3.99. The molecule has 1 aliphatic rings. The van der Waals surface area contributed by atoms with Crippen molar-refractivity contribution in [2.75, 3.05) is 7.11 Å². The molecule has 0 amide bonds. The minimum absolute atomic E-state index is 0.306. The van der Waals surface area contributed by atoms with E-state index in [-0.39, 0.29) is 5.97 Å². The molecule has 1 saturated carbocycles. The van der Waals surface area contributed by atoms with Crippen molar-refractivity contribution in [2.45, 2.75) is 44.8 Å². The topological polar surface area (TPSA) is 44.8 Å². The second kappa shape index (κ2) is 6.48. The summed E-state index contributed by atoms with van der Waals surface area (Å²) in [6, 6.07) is 5.48. The van der Waals surface area contributed by atoms with Crippen LogP contribution in [0.25, 0.3) is 0 Å². The summed E-state index contributed by atoms with van der Waals surface area (Å²) in [5.74, 6) is 0.279. The summed E-state index contributed by atoms with van der Waals surface area (Å²) in [4.78, 5) is 11.3. The van der Waals surface area contributed by atoms with E-state index in [1.165, 1.54) is 6.92 Å². The summed E-state index contributed by atoms with van der Waals surface area (Å²) in [5.41, 5.74) is 0. The maximum atomic E-state index is 11.3. The van der Waals surface area contributed by atoms with Gasteiger partial charge in [0, 0.05) is 19.8 Å². The first kappa shape index (κ1) is 15.2. The van der Waals surface area contributed by atoms with E-state index >= 15 is 0 Å². The van der Waals surface area contributed by atoms with E-state index in [9.17, 15) is 4.79 Å². The average molecular weight is 343 g/mol. The molecule has 0 atom stereocenters. The van der Waals surface area contributed by atoms with E-state index in [0.29, 0.717) is 5.75 Å². The normalized spacial score (nSPS) is 17.4. The van der Waals surface area contributed by atoms with E-state index < -0.39 is 5.79 Å². The van der Waals surface area contributed by atoms with Crippen molar-refractivity contribution in [1.29, 1.82) is 0 Å². The average Bonchev–Trinajstić information content (AvgIpc) is 2.39. The van der Waals surface area contributed by atoms with Crippen LogP contribution in [-0.2, 0) is 9.53 Å². The van der Waals surface area contributed by atoms with Crippen molar-refractivity contribution in [3.63, 3.8) is 0 Å². The van der Waals surface area contributed by atoms with Gasteiger partial charge in [0.05, 0.1) is 11.6 Å². The fourth-order valence-electron chi connectivity index (χ4n) is 2.50. The van der Waals surface area contributed by atoms with Gasteiger partial charge in [-0.15, -0.1) is 0 Å². The summed E-state index contributed by atoms with van der Waals surface area (Å²) in [6.07, 6.45) is 4.63. The van der Waals surface area contributed by atoms with Crippen molar-refractivity contribution in [3.05, 3.63) is 22.7 Å². The number of ether oxygens (including phenoxy) is 3. The van der Waals surface area contributed by atoms with Crippen LogP contribution in [-0.4, -0.2) is 18.9 Å². The first-order chi connectivity index (χ1) is 9.54. The van der Waals surface area contributed by atoms with E-state index in [1.807, 2.05) is 18.2 Å². The Balaban J connectivity index is 2.18. The quantitative estimate of drug-likeness (QED) is 0.611. The second-order valence-electron chi connectivity index (χ2n) is 4.96. The van der Waals surface area contributed by atoms with Crippen LogP contribution >= 0.6 is 15.9 Å². The van der Waals surface area contributed by atoms with Gasteiger partial charge in [0.1, 0.15) is 11.5 Å². The molecule has 0 saturated heterocycles. The zero-order valence-electron chi connectivity index (χ0n) is 11.8. The Bertz CT molecular complexity index is 481. The van der Waals surface area contributed by atoms with Gasteiger partial charge in [-0.05, 0) is 47.0 Å². The van der Waals surface area contributed by atoms with Crippen molar-refractivity contribution in [2.24, 2.45) is 0 Å². The molecule has 0 aromatic heterocycles. The molecule has 1 aliphatic carbocycles. The van der Waals surface area contributed by atoms with Gasteiger partial charge in [0.2, 0.25) is 0 Å². The summed E-state index contributed by atoms with van der Waals surface area (Å²) < 4.78 is 17.5. The zero-order valence-corrected chi connectivity index (χ0v) is 13.4. The highest BCUT2D eigenvalue weighted by Gasteiger charge is 2.37. The Kier molecular flexibility index (Phi) is 4.91. The molecule has 20 heavy (non-hydrogen) atoms. The standard InChI is InChI=1S/C15H19BrO4/c1-11(17)19-15(8-4-3-5-9-15)20-12-6-7-14(18-2)13(16)10-12/h6-7,10H,3-5,8-9H2,1-2H3. The molecule has 0 spiro atoms. The van der Waals surface area contributed by atoms with Gasteiger partial charge in [-0.1, -0.05) is 6.42 Å². The van der Waals surface area contributed by atoms with Crippen LogP contribution < -0.4 is 9.47 Å². The molecule has 5 heteroatoms. The summed E-state index contributed by atoms with van der Waals surface area (Å²) >= 11 is 3.43. The van der Waals surface area contributed by atoms with Crippen LogP contribution in [0.15, 0.2) is 22.7 Å². The third kappa shape index (κ3) is 3.66. The first-order valence-corrected chi connectivity index (χ1v) is 7.56. The highest BCUT2D eigenvalue weighted by Crippen LogP contribution is 2.36. The maximum Gasteiger partial charge on any atom is 0.305 e. The van der Waals surface area contributed by atoms with Crippen molar-refractivity contribution < 1.29 is 19.0 Å². The number of methoxy groups -OCH3 is 1. The molecular weight excluding hydrogens is 324 g/mol. The molecule has 1 aromatic rings. The summed E-state index contributed by atoms with van der Waals surface area (Å²) in [7, 11) is 1.61. The predicted octanol–water partition coefficient (Wildman–Crippen LogP) is 4.06. The second-order valence-corrected chi connectivity index (χ2v) is 5.82. The summed E-state index contributed by atoms with van der Waals surface area (Å²) in [6.45, 7) is 1.42. The van der Waals surface area contributed by atoms with E-state index in [4.69, 9.17) is 14.2 Å². The van der Waals surface area contributed by atoms with Gasteiger partial charge in [0.25, 0.3) is 5.79 Å². The molecule has 1 aromatic carbocycles.